The zero-order chi connectivity index (χ0) is 13.8. The van der Waals surface area contributed by atoms with Gasteiger partial charge < -0.3 is 5.11 Å². The molecule has 2 aromatic rings. The Morgan fingerprint density at radius 2 is 1.58 bits per heavy atom. The van der Waals surface area contributed by atoms with Crippen molar-refractivity contribution in [2.75, 3.05) is 0 Å². The molecular weight excluding hydrogens is 232 g/mol. The lowest BCUT2D eigenvalue weighted by Gasteiger charge is -2.08. The fourth-order valence-corrected chi connectivity index (χ4v) is 2.47. The molecule has 1 nitrogen and oxygen atoms in total. The Kier molecular flexibility index (Phi) is 4.18. The highest BCUT2D eigenvalue weighted by Crippen LogP contribution is 2.20. The van der Waals surface area contributed by atoms with E-state index in [-0.39, 0.29) is 6.61 Å². The van der Waals surface area contributed by atoms with Gasteiger partial charge in [0.25, 0.3) is 0 Å². The van der Waals surface area contributed by atoms with E-state index in [1.807, 2.05) is 24.3 Å². The summed E-state index contributed by atoms with van der Waals surface area (Å²) < 4.78 is 0. The molecule has 0 aromatic heterocycles. The summed E-state index contributed by atoms with van der Waals surface area (Å²) in [6.07, 6.45) is 4.22. The Balaban J connectivity index is 2.38. The van der Waals surface area contributed by atoms with Crippen molar-refractivity contribution in [1.29, 1.82) is 0 Å². The van der Waals surface area contributed by atoms with Crippen LogP contribution in [0.15, 0.2) is 36.4 Å². The Hall–Kier alpha value is -1.86. The van der Waals surface area contributed by atoms with Gasteiger partial charge in [0.05, 0.1) is 6.61 Å². The molecule has 19 heavy (non-hydrogen) atoms. The summed E-state index contributed by atoms with van der Waals surface area (Å²) in [4.78, 5) is 0. The fraction of sp³-hybridized carbons (Fsp3) is 0.222. The first-order valence-electron chi connectivity index (χ1n) is 6.56. The highest BCUT2D eigenvalue weighted by molar-refractivity contribution is 5.74. The molecule has 0 radical (unpaired) electrons. The van der Waals surface area contributed by atoms with Gasteiger partial charge in [0, 0.05) is 0 Å². The molecule has 0 spiro atoms. The van der Waals surface area contributed by atoms with E-state index in [0.29, 0.717) is 0 Å². The zero-order valence-corrected chi connectivity index (χ0v) is 11.8. The topological polar surface area (TPSA) is 20.2 Å². The summed E-state index contributed by atoms with van der Waals surface area (Å²) in [6.45, 7) is 6.47. The van der Waals surface area contributed by atoms with Gasteiger partial charge in [-0.05, 0) is 48.6 Å². The Morgan fingerprint density at radius 3 is 2.21 bits per heavy atom. The molecule has 0 atom stereocenters. The van der Waals surface area contributed by atoms with Gasteiger partial charge >= 0.3 is 0 Å². The number of rotatable bonds is 3. The van der Waals surface area contributed by atoms with Gasteiger partial charge in [-0.25, -0.2) is 0 Å². The summed E-state index contributed by atoms with van der Waals surface area (Å²) in [5.74, 6) is 0. The van der Waals surface area contributed by atoms with Crippen LogP contribution in [-0.4, -0.2) is 5.11 Å². The molecule has 2 aromatic carbocycles. The van der Waals surface area contributed by atoms with E-state index < -0.39 is 0 Å². The van der Waals surface area contributed by atoms with Crippen molar-refractivity contribution in [2.45, 2.75) is 27.4 Å². The van der Waals surface area contributed by atoms with Crippen LogP contribution in [0.25, 0.3) is 12.2 Å². The molecule has 0 unspecified atom stereocenters. The van der Waals surface area contributed by atoms with Gasteiger partial charge in [-0.1, -0.05) is 54.1 Å². The van der Waals surface area contributed by atoms with E-state index in [1.165, 1.54) is 22.3 Å². The minimum Gasteiger partial charge on any atom is -0.392 e. The molecule has 0 fully saturated rings. The molecule has 0 aliphatic heterocycles. The monoisotopic (exact) mass is 252 g/mol. The number of hydrogen-bond donors (Lipinski definition) is 1. The summed E-state index contributed by atoms with van der Waals surface area (Å²) in [7, 11) is 0. The number of aliphatic hydroxyl groups excluding tert-OH is 1. The van der Waals surface area contributed by atoms with Gasteiger partial charge in [0.1, 0.15) is 0 Å². The lowest BCUT2D eigenvalue weighted by molar-refractivity contribution is 0.281. The first-order chi connectivity index (χ1) is 9.11. The standard InChI is InChI=1S/C18H20O/c1-13-10-14(2)18(15(3)11-13)9-8-16-6-4-5-7-17(16)12-19/h4-11,19H,12H2,1-3H3/b9-8-. The maximum absolute atomic E-state index is 9.33. The first kappa shape index (κ1) is 13.6. The Bertz CT molecular complexity index is 586. The second-order valence-electron chi connectivity index (χ2n) is 5.00. The van der Waals surface area contributed by atoms with Gasteiger partial charge in [-0.3, -0.25) is 0 Å². The Labute approximate surface area is 115 Å². The normalized spacial score (nSPS) is 11.2. The molecule has 0 saturated carbocycles. The lowest BCUT2D eigenvalue weighted by atomic mass is 9.98. The van der Waals surface area contributed by atoms with E-state index in [2.05, 4.69) is 45.1 Å². The van der Waals surface area contributed by atoms with Crippen molar-refractivity contribution in [3.05, 3.63) is 69.8 Å². The van der Waals surface area contributed by atoms with Crippen LogP contribution in [0.1, 0.15) is 33.4 Å². The predicted molar refractivity (Wildman–Crippen MR) is 81.9 cm³/mol. The zero-order valence-electron chi connectivity index (χ0n) is 11.8. The summed E-state index contributed by atoms with van der Waals surface area (Å²) in [6, 6.07) is 12.3. The molecular formula is C18H20O. The van der Waals surface area contributed by atoms with Crippen LogP contribution in [0.5, 0.6) is 0 Å². The third-order valence-corrected chi connectivity index (χ3v) is 3.39. The molecule has 0 saturated heterocycles. The second-order valence-corrected chi connectivity index (χ2v) is 5.00. The minimum atomic E-state index is 0.0758. The third kappa shape index (κ3) is 3.12. The highest BCUT2D eigenvalue weighted by atomic mass is 16.3. The van der Waals surface area contributed by atoms with Crippen LogP contribution >= 0.6 is 0 Å². The number of aryl methyl sites for hydroxylation is 3. The van der Waals surface area contributed by atoms with Crippen LogP contribution in [0.3, 0.4) is 0 Å². The molecule has 1 N–H and O–H groups in total. The van der Waals surface area contributed by atoms with E-state index in [0.717, 1.165) is 11.1 Å². The van der Waals surface area contributed by atoms with Crippen LogP contribution in [-0.2, 0) is 6.61 Å². The lowest BCUT2D eigenvalue weighted by Crippen LogP contribution is -1.90. The Morgan fingerprint density at radius 1 is 0.947 bits per heavy atom. The van der Waals surface area contributed by atoms with E-state index in [9.17, 15) is 5.11 Å². The molecule has 0 aliphatic carbocycles. The van der Waals surface area contributed by atoms with Gasteiger partial charge in [0.15, 0.2) is 0 Å². The molecule has 98 valence electrons. The summed E-state index contributed by atoms with van der Waals surface area (Å²) in [5.41, 5.74) is 7.16. The van der Waals surface area contributed by atoms with Crippen molar-refractivity contribution in [3.63, 3.8) is 0 Å². The van der Waals surface area contributed by atoms with Crippen molar-refractivity contribution in [2.24, 2.45) is 0 Å². The van der Waals surface area contributed by atoms with Crippen molar-refractivity contribution in [1.82, 2.24) is 0 Å². The van der Waals surface area contributed by atoms with Gasteiger partial charge in [0.2, 0.25) is 0 Å². The fourth-order valence-electron chi connectivity index (χ4n) is 2.47. The maximum Gasteiger partial charge on any atom is 0.0687 e. The van der Waals surface area contributed by atoms with Crippen LogP contribution in [0.2, 0.25) is 0 Å². The van der Waals surface area contributed by atoms with E-state index in [1.54, 1.807) is 0 Å². The molecule has 0 amide bonds. The highest BCUT2D eigenvalue weighted by Gasteiger charge is 2.01. The smallest absolute Gasteiger partial charge is 0.0687 e. The predicted octanol–water partition coefficient (Wildman–Crippen LogP) is 4.27. The second kappa shape index (κ2) is 5.85. The van der Waals surface area contributed by atoms with Crippen LogP contribution in [0.4, 0.5) is 0 Å². The molecule has 0 aliphatic rings. The molecule has 1 heteroatoms. The van der Waals surface area contributed by atoms with Gasteiger partial charge in [-0.15, -0.1) is 0 Å². The van der Waals surface area contributed by atoms with E-state index >= 15 is 0 Å². The minimum absolute atomic E-state index is 0.0758. The first-order valence-corrected chi connectivity index (χ1v) is 6.56. The molecule has 0 heterocycles. The maximum atomic E-state index is 9.33. The molecule has 2 rings (SSSR count). The van der Waals surface area contributed by atoms with Crippen LogP contribution < -0.4 is 0 Å². The number of benzene rings is 2. The van der Waals surface area contributed by atoms with Crippen molar-refractivity contribution < 1.29 is 5.11 Å². The average molecular weight is 252 g/mol. The quantitative estimate of drug-likeness (QED) is 0.809. The van der Waals surface area contributed by atoms with E-state index in [4.69, 9.17) is 0 Å². The summed E-state index contributed by atoms with van der Waals surface area (Å²) >= 11 is 0. The average Bonchev–Trinajstić information content (AvgIpc) is 2.38. The molecule has 0 bridgehead atoms. The largest absolute Gasteiger partial charge is 0.392 e. The third-order valence-electron chi connectivity index (χ3n) is 3.39. The SMILES string of the molecule is Cc1cc(C)c(/C=C\c2ccccc2CO)c(C)c1. The van der Waals surface area contributed by atoms with Crippen molar-refractivity contribution in [3.8, 4) is 0 Å². The number of hydrogen-bond acceptors (Lipinski definition) is 1. The summed E-state index contributed by atoms with van der Waals surface area (Å²) in [5, 5.41) is 9.33. The van der Waals surface area contributed by atoms with Crippen LogP contribution in [0, 0.1) is 20.8 Å². The van der Waals surface area contributed by atoms with Crippen molar-refractivity contribution >= 4 is 12.2 Å². The number of aliphatic hydroxyl groups is 1. The van der Waals surface area contributed by atoms with Gasteiger partial charge in [-0.2, -0.15) is 0 Å².